The second-order valence-electron chi connectivity index (χ2n) is 3.13. The number of rotatable bonds is 6. The molecule has 0 amide bonds. The van der Waals surface area contributed by atoms with Gasteiger partial charge in [-0.3, -0.25) is 0 Å². The van der Waals surface area contributed by atoms with Gasteiger partial charge >= 0.3 is 0 Å². The second kappa shape index (κ2) is 5.81. The van der Waals surface area contributed by atoms with E-state index < -0.39 is 0 Å². The zero-order valence-corrected chi connectivity index (χ0v) is 7.79. The van der Waals surface area contributed by atoms with E-state index in [1.807, 2.05) is 10.9 Å². The first kappa shape index (κ1) is 9.30. The van der Waals surface area contributed by atoms with Crippen LogP contribution >= 0.6 is 0 Å². The van der Waals surface area contributed by atoms with Crippen LogP contribution in [0.15, 0.2) is 12.5 Å². The van der Waals surface area contributed by atoms with Gasteiger partial charge in [0.25, 0.3) is 0 Å². The zero-order valence-electron chi connectivity index (χ0n) is 7.79. The van der Waals surface area contributed by atoms with Crippen molar-refractivity contribution in [3.63, 3.8) is 0 Å². The van der Waals surface area contributed by atoms with Crippen molar-refractivity contribution in [2.75, 3.05) is 0 Å². The molecule has 1 radical (unpaired) electrons. The molecule has 0 aromatic carbocycles. The molecule has 0 saturated carbocycles. The largest absolute Gasteiger partial charge is 0.329 e. The van der Waals surface area contributed by atoms with Gasteiger partial charge in [0, 0.05) is 6.54 Å². The maximum atomic E-state index is 3.94. The SMILES string of the molecule is CCCCCCCn1[c]cnc1. The van der Waals surface area contributed by atoms with E-state index in [9.17, 15) is 0 Å². The molecule has 0 fully saturated rings. The van der Waals surface area contributed by atoms with E-state index in [4.69, 9.17) is 0 Å². The first-order valence-electron chi connectivity index (χ1n) is 4.81. The molecule has 0 N–H and O–H groups in total. The average Bonchev–Trinajstić information content (AvgIpc) is 2.57. The van der Waals surface area contributed by atoms with E-state index in [0.29, 0.717) is 0 Å². The van der Waals surface area contributed by atoms with Crippen LogP contribution in [-0.4, -0.2) is 9.55 Å². The molecule has 2 nitrogen and oxygen atoms in total. The fourth-order valence-electron chi connectivity index (χ4n) is 1.26. The van der Waals surface area contributed by atoms with Gasteiger partial charge in [-0.2, -0.15) is 0 Å². The summed E-state index contributed by atoms with van der Waals surface area (Å²) in [4.78, 5) is 3.94. The smallest absolute Gasteiger partial charge is 0.0951 e. The van der Waals surface area contributed by atoms with Gasteiger partial charge in [-0.05, 0) is 6.42 Å². The summed E-state index contributed by atoms with van der Waals surface area (Å²) in [6, 6.07) is 0. The lowest BCUT2D eigenvalue weighted by Crippen LogP contribution is -1.94. The summed E-state index contributed by atoms with van der Waals surface area (Å²) in [6.07, 6.45) is 13.2. The summed E-state index contributed by atoms with van der Waals surface area (Å²) in [7, 11) is 0. The highest BCUT2D eigenvalue weighted by molar-refractivity contribution is 4.70. The Bertz CT molecular complexity index is 180. The second-order valence-corrected chi connectivity index (χ2v) is 3.13. The van der Waals surface area contributed by atoms with Crippen LogP contribution in [0.1, 0.15) is 39.0 Å². The lowest BCUT2D eigenvalue weighted by atomic mass is 10.1. The number of unbranched alkanes of at least 4 members (excludes halogenated alkanes) is 4. The Morgan fingerprint density at radius 3 is 2.75 bits per heavy atom. The molecule has 1 aromatic rings. The molecule has 12 heavy (non-hydrogen) atoms. The summed E-state index contributed by atoms with van der Waals surface area (Å²) in [5.41, 5.74) is 0. The molecular formula is C10H17N2. The third-order valence-corrected chi connectivity index (χ3v) is 2.01. The highest BCUT2D eigenvalue weighted by Gasteiger charge is 1.90. The third kappa shape index (κ3) is 3.56. The highest BCUT2D eigenvalue weighted by atomic mass is 15.0. The van der Waals surface area contributed by atoms with Crippen LogP contribution in [0.25, 0.3) is 0 Å². The van der Waals surface area contributed by atoms with E-state index >= 15 is 0 Å². The van der Waals surface area contributed by atoms with Gasteiger partial charge in [0.15, 0.2) is 0 Å². The van der Waals surface area contributed by atoms with Gasteiger partial charge in [0.1, 0.15) is 0 Å². The number of hydrogen-bond acceptors (Lipinski definition) is 1. The van der Waals surface area contributed by atoms with Crippen LogP contribution < -0.4 is 0 Å². The maximum absolute atomic E-state index is 3.94. The van der Waals surface area contributed by atoms with Crippen molar-refractivity contribution in [2.45, 2.75) is 45.6 Å². The molecule has 1 heterocycles. The van der Waals surface area contributed by atoms with Crippen LogP contribution in [-0.2, 0) is 6.54 Å². The molecule has 0 spiro atoms. The van der Waals surface area contributed by atoms with E-state index in [1.54, 1.807) is 6.20 Å². The average molecular weight is 165 g/mol. The monoisotopic (exact) mass is 165 g/mol. The summed E-state index contributed by atoms with van der Waals surface area (Å²) >= 11 is 0. The summed E-state index contributed by atoms with van der Waals surface area (Å²) < 4.78 is 2.02. The maximum Gasteiger partial charge on any atom is 0.0951 e. The Labute approximate surface area is 74.6 Å². The van der Waals surface area contributed by atoms with Crippen LogP contribution in [0, 0.1) is 6.20 Å². The number of aryl methyl sites for hydroxylation is 1. The predicted octanol–water partition coefficient (Wildman–Crippen LogP) is 2.65. The van der Waals surface area contributed by atoms with Crippen LogP contribution in [0.4, 0.5) is 0 Å². The normalized spacial score (nSPS) is 10.4. The van der Waals surface area contributed by atoms with Crippen molar-refractivity contribution >= 4 is 0 Å². The first-order valence-corrected chi connectivity index (χ1v) is 4.81. The zero-order chi connectivity index (χ0) is 8.65. The minimum Gasteiger partial charge on any atom is -0.329 e. The van der Waals surface area contributed by atoms with Crippen LogP contribution in [0.5, 0.6) is 0 Å². The molecule has 0 aliphatic rings. The fraction of sp³-hybridized carbons (Fsp3) is 0.700. The number of aromatic nitrogens is 2. The van der Waals surface area contributed by atoms with Crippen molar-refractivity contribution in [1.29, 1.82) is 0 Å². The summed E-state index contributed by atoms with van der Waals surface area (Å²) in [5.74, 6) is 0. The fourth-order valence-corrected chi connectivity index (χ4v) is 1.26. The minimum absolute atomic E-state index is 1.07. The molecule has 0 bridgehead atoms. The topological polar surface area (TPSA) is 17.8 Å². The van der Waals surface area contributed by atoms with Gasteiger partial charge in [0.2, 0.25) is 0 Å². The number of nitrogens with zero attached hydrogens (tertiary/aromatic N) is 2. The Morgan fingerprint density at radius 1 is 1.25 bits per heavy atom. The molecule has 0 unspecified atom stereocenters. The highest BCUT2D eigenvalue weighted by Crippen LogP contribution is 2.03. The Balaban J connectivity index is 1.96. The van der Waals surface area contributed by atoms with Gasteiger partial charge in [-0.15, -0.1) is 0 Å². The first-order chi connectivity index (χ1) is 5.93. The summed E-state index contributed by atoms with van der Waals surface area (Å²) in [6.45, 7) is 3.31. The molecule has 0 atom stereocenters. The molecule has 0 aliphatic carbocycles. The molecule has 0 aliphatic heterocycles. The minimum atomic E-state index is 1.07. The lowest BCUT2D eigenvalue weighted by Gasteiger charge is -2.00. The lowest BCUT2D eigenvalue weighted by molar-refractivity contribution is 0.566. The Kier molecular flexibility index (Phi) is 4.50. The van der Waals surface area contributed by atoms with E-state index in [1.165, 1.54) is 32.1 Å². The standard InChI is InChI=1S/C10H17N2/c1-2-3-4-5-6-8-12-9-7-11-10-12/h7,10H,2-6,8H2,1H3. The molecule has 0 saturated heterocycles. The van der Waals surface area contributed by atoms with Gasteiger partial charge < -0.3 is 4.57 Å². The van der Waals surface area contributed by atoms with Gasteiger partial charge in [-0.1, -0.05) is 32.6 Å². The van der Waals surface area contributed by atoms with Crippen molar-refractivity contribution in [1.82, 2.24) is 9.55 Å². The summed E-state index contributed by atoms with van der Waals surface area (Å²) in [5, 5.41) is 0. The third-order valence-electron chi connectivity index (χ3n) is 2.01. The van der Waals surface area contributed by atoms with Gasteiger partial charge in [0.05, 0.1) is 18.7 Å². The molecule has 1 rings (SSSR count). The van der Waals surface area contributed by atoms with Crippen LogP contribution in [0.2, 0.25) is 0 Å². The molecule has 1 aromatic heterocycles. The van der Waals surface area contributed by atoms with Crippen molar-refractivity contribution in [3.8, 4) is 0 Å². The quantitative estimate of drug-likeness (QED) is 0.592. The predicted molar refractivity (Wildman–Crippen MR) is 49.8 cm³/mol. The van der Waals surface area contributed by atoms with Crippen molar-refractivity contribution in [2.24, 2.45) is 0 Å². The van der Waals surface area contributed by atoms with Gasteiger partial charge in [-0.25, -0.2) is 4.98 Å². The van der Waals surface area contributed by atoms with Crippen molar-refractivity contribution in [3.05, 3.63) is 18.7 Å². The molecule has 2 heteroatoms. The Hall–Kier alpha value is -0.790. The number of hydrogen-bond donors (Lipinski definition) is 0. The van der Waals surface area contributed by atoms with Crippen LogP contribution in [0.3, 0.4) is 0 Å². The molecule has 67 valence electrons. The van der Waals surface area contributed by atoms with E-state index in [-0.39, 0.29) is 0 Å². The Morgan fingerprint density at radius 2 is 2.08 bits per heavy atom. The van der Waals surface area contributed by atoms with E-state index in [0.717, 1.165) is 6.54 Å². The van der Waals surface area contributed by atoms with E-state index in [2.05, 4.69) is 18.1 Å². The number of imidazole rings is 1. The molecular weight excluding hydrogens is 148 g/mol. The van der Waals surface area contributed by atoms with Crippen molar-refractivity contribution < 1.29 is 0 Å².